The fourth-order valence-corrected chi connectivity index (χ4v) is 2.30. The zero-order valence-corrected chi connectivity index (χ0v) is 10.7. The van der Waals surface area contributed by atoms with Gasteiger partial charge in [0.1, 0.15) is 5.82 Å². The molecule has 0 radical (unpaired) electrons. The lowest BCUT2D eigenvalue weighted by molar-refractivity contribution is -0.140. The van der Waals surface area contributed by atoms with Crippen LogP contribution >= 0.6 is 0 Å². The fourth-order valence-electron chi connectivity index (χ4n) is 1.17. The van der Waals surface area contributed by atoms with Gasteiger partial charge in [-0.2, -0.15) is 4.31 Å². The standard InChI is InChI=1S/C9H15N3O4S/c1-7-10-6-8(11-7)17(14,15)12(2)5-4-9(13)16-3/h6H,4-5H2,1-3H3,(H,10,11). The Labute approximate surface area is 99.8 Å². The largest absolute Gasteiger partial charge is 0.469 e. The van der Waals surface area contributed by atoms with Gasteiger partial charge in [0.05, 0.1) is 19.7 Å². The smallest absolute Gasteiger partial charge is 0.306 e. The van der Waals surface area contributed by atoms with Crippen LogP contribution < -0.4 is 0 Å². The van der Waals surface area contributed by atoms with Gasteiger partial charge in [-0.3, -0.25) is 4.79 Å². The molecule has 0 aromatic carbocycles. The number of carbonyl (C=O) groups is 1. The van der Waals surface area contributed by atoms with E-state index in [1.165, 1.54) is 20.4 Å². The number of aromatic amines is 1. The average Bonchev–Trinajstić information content (AvgIpc) is 2.72. The Morgan fingerprint density at radius 3 is 2.71 bits per heavy atom. The predicted octanol–water partition coefficient (Wildman–Crippen LogP) is -0.0983. The summed E-state index contributed by atoms with van der Waals surface area (Å²) in [6.07, 6.45) is 1.26. The molecule has 1 N–H and O–H groups in total. The quantitative estimate of drug-likeness (QED) is 0.747. The number of imidazole rings is 1. The van der Waals surface area contributed by atoms with Gasteiger partial charge in [-0.05, 0) is 6.92 Å². The Balaban J connectivity index is 2.74. The van der Waals surface area contributed by atoms with Crippen LogP contribution in [0.5, 0.6) is 0 Å². The first-order chi connectivity index (χ1) is 7.87. The third-order valence-electron chi connectivity index (χ3n) is 2.23. The van der Waals surface area contributed by atoms with Gasteiger partial charge in [-0.1, -0.05) is 0 Å². The molecule has 0 atom stereocenters. The summed E-state index contributed by atoms with van der Waals surface area (Å²) < 4.78 is 29.4. The van der Waals surface area contributed by atoms with Crippen LogP contribution in [0.1, 0.15) is 12.2 Å². The van der Waals surface area contributed by atoms with E-state index in [9.17, 15) is 13.2 Å². The lowest BCUT2D eigenvalue weighted by atomic mass is 10.4. The van der Waals surface area contributed by atoms with E-state index in [0.717, 1.165) is 4.31 Å². The molecule has 8 heteroatoms. The van der Waals surface area contributed by atoms with Crippen molar-refractivity contribution in [3.63, 3.8) is 0 Å². The Kier molecular flexibility index (Phi) is 4.24. The van der Waals surface area contributed by atoms with Crippen LogP contribution in [0.2, 0.25) is 0 Å². The van der Waals surface area contributed by atoms with Crippen molar-refractivity contribution >= 4 is 16.0 Å². The van der Waals surface area contributed by atoms with E-state index >= 15 is 0 Å². The summed E-state index contributed by atoms with van der Waals surface area (Å²) in [5.41, 5.74) is 0. The maximum Gasteiger partial charge on any atom is 0.306 e. The maximum atomic E-state index is 11.9. The van der Waals surface area contributed by atoms with E-state index in [1.54, 1.807) is 6.92 Å². The number of sulfonamides is 1. The van der Waals surface area contributed by atoms with Crippen LogP contribution in [0.15, 0.2) is 11.2 Å². The molecule has 0 aliphatic heterocycles. The minimum absolute atomic E-state index is 0.0132. The number of carbonyl (C=O) groups excluding carboxylic acids is 1. The second-order valence-electron chi connectivity index (χ2n) is 3.49. The lowest BCUT2D eigenvalue weighted by Crippen LogP contribution is -2.29. The van der Waals surface area contributed by atoms with Gasteiger partial charge in [-0.15, -0.1) is 0 Å². The molecule has 0 saturated heterocycles. The number of H-pyrrole nitrogens is 1. The number of hydrogen-bond donors (Lipinski definition) is 1. The zero-order chi connectivity index (χ0) is 13.1. The molecule has 7 nitrogen and oxygen atoms in total. The second kappa shape index (κ2) is 5.28. The number of nitrogens with one attached hydrogen (secondary N) is 1. The minimum Gasteiger partial charge on any atom is -0.469 e. The molecule has 0 spiro atoms. The third kappa shape index (κ3) is 3.27. The molecule has 0 amide bonds. The van der Waals surface area contributed by atoms with Crippen LogP contribution in [0.3, 0.4) is 0 Å². The molecule has 96 valence electrons. The molecular formula is C9H15N3O4S. The van der Waals surface area contributed by atoms with Gasteiger partial charge >= 0.3 is 5.97 Å². The number of ether oxygens (including phenoxy) is 1. The van der Waals surface area contributed by atoms with Crippen molar-refractivity contribution in [2.75, 3.05) is 20.7 Å². The summed E-state index contributed by atoms with van der Waals surface area (Å²) in [5.74, 6) is 0.0674. The van der Waals surface area contributed by atoms with Crippen molar-refractivity contribution in [1.29, 1.82) is 0 Å². The first kappa shape index (κ1) is 13.7. The van der Waals surface area contributed by atoms with Gasteiger partial charge in [0.2, 0.25) is 0 Å². The topological polar surface area (TPSA) is 92.4 Å². The van der Waals surface area contributed by atoms with Crippen LogP contribution in [0.25, 0.3) is 0 Å². The lowest BCUT2D eigenvalue weighted by Gasteiger charge is -2.14. The summed E-state index contributed by atoms with van der Waals surface area (Å²) in [7, 11) is -0.958. The van der Waals surface area contributed by atoms with E-state index in [1.807, 2.05) is 0 Å². The summed E-state index contributed by atoms with van der Waals surface area (Å²) >= 11 is 0. The summed E-state index contributed by atoms with van der Waals surface area (Å²) in [5, 5.41) is 0.0161. The molecule has 1 heterocycles. The van der Waals surface area contributed by atoms with E-state index in [4.69, 9.17) is 0 Å². The van der Waals surface area contributed by atoms with Crippen molar-refractivity contribution < 1.29 is 17.9 Å². The SMILES string of the molecule is COC(=O)CCN(C)S(=O)(=O)c1cnc(C)[nH]1. The van der Waals surface area contributed by atoms with Crippen molar-refractivity contribution in [3.8, 4) is 0 Å². The first-order valence-electron chi connectivity index (χ1n) is 4.92. The predicted molar refractivity (Wildman–Crippen MR) is 59.8 cm³/mol. The summed E-state index contributed by atoms with van der Waals surface area (Å²) in [4.78, 5) is 17.4. The van der Waals surface area contributed by atoms with Crippen molar-refractivity contribution in [1.82, 2.24) is 14.3 Å². The molecule has 1 aromatic heterocycles. The number of aryl methyl sites for hydroxylation is 1. The molecule has 0 aliphatic rings. The molecule has 0 fully saturated rings. The monoisotopic (exact) mass is 261 g/mol. The van der Waals surface area contributed by atoms with Gasteiger partial charge in [0, 0.05) is 13.6 Å². The molecule has 0 aliphatic carbocycles. The zero-order valence-electron chi connectivity index (χ0n) is 9.93. The third-order valence-corrected chi connectivity index (χ3v) is 3.99. The van der Waals surface area contributed by atoms with Crippen molar-refractivity contribution in [2.45, 2.75) is 18.4 Å². The highest BCUT2D eigenvalue weighted by molar-refractivity contribution is 7.89. The number of aromatic nitrogens is 2. The maximum absolute atomic E-state index is 11.9. The van der Waals surface area contributed by atoms with Crippen molar-refractivity contribution in [2.24, 2.45) is 0 Å². The highest BCUT2D eigenvalue weighted by Crippen LogP contribution is 2.11. The van der Waals surface area contributed by atoms with Crippen LogP contribution in [0, 0.1) is 6.92 Å². The Bertz CT molecular complexity index is 494. The van der Waals surface area contributed by atoms with E-state index in [2.05, 4.69) is 14.7 Å². The Hall–Kier alpha value is -1.41. The van der Waals surface area contributed by atoms with Crippen LogP contribution in [-0.2, 0) is 19.6 Å². The molecule has 0 unspecified atom stereocenters. The number of nitrogens with zero attached hydrogens (tertiary/aromatic N) is 2. The van der Waals surface area contributed by atoms with Gasteiger partial charge < -0.3 is 9.72 Å². The minimum atomic E-state index is -3.61. The highest BCUT2D eigenvalue weighted by atomic mass is 32.2. The molecule has 17 heavy (non-hydrogen) atoms. The number of methoxy groups -OCH3 is 1. The normalized spacial score (nSPS) is 11.8. The van der Waals surface area contributed by atoms with Gasteiger partial charge in [0.25, 0.3) is 10.0 Å². The Morgan fingerprint density at radius 2 is 2.24 bits per heavy atom. The first-order valence-corrected chi connectivity index (χ1v) is 6.36. The summed E-state index contributed by atoms with van der Waals surface area (Å²) in [6, 6.07) is 0. The Morgan fingerprint density at radius 1 is 1.59 bits per heavy atom. The number of hydrogen-bond acceptors (Lipinski definition) is 5. The number of rotatable bonds is 5. The highest BCUT2D eigenvalue weighted by Gasteiger charge is 2.23. The molecule has 1 aromatic rings. The fraction of sp³-hybridized carbons (Fsp3) is 0.556. The molecule has 0 saturated carbocycles. The van der Waals surface area contributed by atoms with Crippen LogP contribution in [0.4, 0.5) is 0 Å². The van der Waals surface area contributed by atoms with Crippen LogP contribution in [-0.4, -0.2) is 49.4 Å². The average molecular weight is 261 g/mol. The molecule has 1 rings (SSSR count). The van der Waals surface area contributed by atoms with E-state index in [0.29, 0.717) is 5.82 Å². The van der Waals surface area contributed by atoms with E-state index in [-0.39, 0.29) is 18.0 Å². The van der Waals surface area contributed by atoms with Crippen molar-refractivity contribution in [3.05, 3.63) is 12.0 Å². The summed E-state index contributed by atoms with van der Waals surface area (Å²) in [6.45, 7) is 1.72. The second-order valence-corrected chi connectivity index (χ2v) is 5.50. The van der Waals surface area contributed by atoms with Gasteiger partial charge in [-0.25, -0.2) is 13.4 Å². The van der Waals surface area contributed by atoms with E-state index < -0.39 is 16.0 Å². The molecular weight excluding hydrogens is 246 g/mol. The molecule has 0 bridgehead atoms. The van der Waals surface area contributed by atoms with Gasteiger partial charge in [0.15, 0.2) is 5.03 Å². The number of esters is 1.